The molecule has 1 aliphatic carbocycles. The van der Waals surface area contributed by atoms with Gasteiger partial charge in [-0.3, -0.25) is 4.79 Å². The van der Waals surface area contributed by atoms with E-state index in [4.69, 9.17) is 4.74 Å². The molecular weight excluding hydrogens is 422 g/mol. The molecule has 0 unspecified atom stereocenters. The Bertz CT molecular complexity index is 855. The van der Waals surface area contributed by atoms with Crippen molar-refractivity contribution in [2.45, 2.75) is 70.9 Å². The summed E-state index contributed by atoms with van der Waals surface area (Å²) in [5.41, 5.74) is 3.18. The Morgan fingerprint density at radius 3 is 2.59 bits per heavy atom. The van der Waals surface area contributed by atoms with Crippen LogP contribution in [0, 0.1) is 5.92 Å². The molecule has 0 radical (unpaired) electrons. The minimum atomic E-state index is -0.932. The lowest BCUT2D eigenvalue weighted by Crippen LogP contribution is -2.26. The van der Waals surface area contributed by atoms with Crippen molar-refractivity contribution in [2.24, 2.45) is 5.92 Å². The third-order valence-electron chi connectivity index (χ3n) is 6.18. The number of carboxylic acid groups (broad SMARTS) is 1. The summed E-state index contributed by atoms with van der Waals surface area (Å²) < 4.78 is 5.30. The number of rotatable bonds is 13. The highest BCUT2D eigenvalue weighted by molar-refractivity contribution is 7.10. The molecule has 0 bridgehead atoms. The predicted molar refractivity (Wildman–Crippen MR) is 129 cm³/mol. The van der Waals surface area contributed by atoms with Gasteiger partial charge in [-0.2, -0.15) is 0 Å². The van der Waals surface area contributed by atoms with Gasteiger partial charge in [0.25, 0.3) is 0 Å². The van der Waals surface area contributed by atoms with Gasteiger partial charge in [-0.1, -0.05) is 56.4 Å². The summed E-state index contributed by atoms with van der Waals surface area (Å²) in [6.45, 7) is 3.33. The monoisotopic (exact) mass is 457 g/mol. The molecule has 1 aliphatic rings. The molecule has 6 heteroatoms. The summed E-state index contributed by atoms with van der Waals surface area (Å²) in [5, 5.41) is 14.7. The lowest BCUT2D eigenvalue weighted by molar-refractivity contribution is -0.149. The van der Waals surface area contributed by atoms with Crippen molar-refractivity contribution in [1.82, 2.24) is 5.32 Å². The average Bonchev–Trinajstić information content (AvgIpc) is 3.27. The quantitative estimate of drug-likeness (QED) is 0.417. The molecule has 174 valence electrons. The number of carbonyl (C=O) groups excluding carboxylic acids is 1. The predicted octanol–water partition coefficient (Wildman–Crippen LogP) is 5.47. The van der Waals surface area contributed by atoms with Gasteiger partial charge in [-0.25, -0.2) is 4.79 Å². The Balaban J connectivity index is 1.42. The SMILES string of the molecule is CCO[C@@H](Cc1ccc(-c2csc(CNCC(=O)CCC3CCCCC3)c2)cc1)C(=O)O. The topological polar surface area (TPSA) is 75.6 Å². The molecule has 1 fully saturated rings. The largest absolute Gasteiger partial charge is 0.479 e. The van der Waals surface area contributed by atoms with Gasteiger partial charge in [-0.15, -0.1) is 11.3 Å². The van der Waals surface area contributed by atoms with E-state index in [2.05, 4.69) is 16.8 Å². The van der Waals surface area contributed by atoms with Gasteiger partial charge in [0.1, 0.15) is 5.78 Å². The summed E-state index contributed by atoms with van der Waals surface area (Å²) in [4.78, 5) is 24.7. The molecule has 1 atom stereocenters. The fourth-order valence-electron chi connectivity index (χ4n) is 4.35. The smallest absolute Gasteiger partial charge is 0.333 e. The van der Waals surface area contributed by atoms with E-state index in [0.717, 1.165) is 29.0 Å². The van der Waals surface area contributed by atoms with E-state index >= 15 is 0 Å². The third kappa shape index (κ3) is 7.84. The third-order valence-corrected chi connectivity index (χ3v) is 7.12. The van der Waals surface area contributed by atoms with Gasteiger partial charge in [0.15, 0.2) is 6.10 Å². The minimum Gasteiger partial charge on any atom is -0.479 e. The standard InChI is InChI=1S/C26H35NO4S/c1-2-31-25(26(29)30)14-20-8-11-21(12-9-20)22-15-24(32-18-22)17-27-16-23(28)13-10-19-6-4-3-5-7-19/h8-9,11-12,15,18-19,25,27H,2-7,10,13-14,16-17H2,1H3,(H,29,30)/t25-/m0/s1. The molecule has 1 heterocycles. The lowest BCUT2D eigenvalue weighted by Gasteiger charge is -2.20. The number of aliphatic carboxylic acids is 1. The number of carboxylic acids is 1. The first kappa shape index (κ1) is 24.6. The summed E-state index contributed by atoms with van der Waals surface area (Å²) in [7, 11) is 0. The van der Waals surface area contributed by atoms with Crippen molar-refractivity contribution >= 4 is 23.1 Å². The van der Waals surface area contributed by atoms with E-state index in [9.17, 15) is 14.7 Å². The first-order chi connectivity index (χ1) is 15.5. The van der Waals surface area contributed by atoms with Crippen LogP contribution in [0.2, 0.25) is 0 Å². The van der Waals surface area contributed by atoms with E-state index in [-0.39, 0.29) is 0 Å². The van der Waals surface area contributed by atoms with E-state index in [0.29, 0.717) is 38.3 Å². The van der Waals surface area contributed by atoms with Crippen LogP contribution in [0.5, 0.6) is 0 Å². The Hall–Kier alpha value is -2.02. The molecule has 1 aromatic heterocycles. The highest BCUT2D eigenvalue weighted by atomic mass is 32.1. The van der Waals surface area contributed by atoms with Crippen molar-refractivity contribution < 1.29 is 19.4 Å². The second-order valence-corrected chi connectivity index (χ2v) is 9.67. The molecule has 2 aromatic rings. The van der Waals surface area contributed by atoms with E-state index in [1.54, 1.807) is 18.3 Å². The molecule has 0 amide bonds. The second-order valence-electron chi connectivity index (χ2n) is 8.67. The maximum absolute atomic E-state index is 12.2. The lowest BCUT2D eigenvalue weighted by atomic mass is 9.86. The fourth-order valence-corrected chi connectivity index (χ4v) is 5.21. The van der Waals surface area contributed by atoms with Crippen LogP contribution < -0.4 is 5.32 Å². The fraction of sp³-hybridized carbons (Fsp3) is 0.538. The number of hydrogen-bond acceptors (Lipinski definition) is 5. The number of ether oxygens (including phenoxy) is 1. The summed E-state index contributed by atoms with van der Waals surface area (Å²) in [6.07, 6.45) is 7.92. The molecule has 0 aliphatic heterocycles. The minimum absolute atomic E-state index is 0.314. The van der Waals surface area contributed by atoms with Crippen molar-refractivity contribution in [3.8, 4) is 11.1 Å². The molecule has 1 aromatic carbocycles. The van der Waals surface area contributed by atoms with Crippen LogP contribution in [-0.4, -0.2) is 36.1 Å². The average molecular weight is 458 g/mol. The van der Waals surface area contributed by atoms with Crippen molar-refractivity contribution in [3.05, 3.63) is 46.2 Å². The van der Waals surface area contributed by atoms with Gasteiger partial charge in [0.05, 0.1) is 6.54 Å². The Morgan fingerprint density at radius 2 is 1.91 bits per heavy atom. The van der Waals surface area contributed by atoms with Crippen LogP contribution in [0.15, 0.2) is 35.7 Å². The molecule has 5 nitrogen and oxygen atoms in total. The summed E-state index contributed by atoms with van der Waals surface area (Å²) in [5.74, 6) is 0.140. The Kier molecular flexibility index (Phi) is 9.90. The van der Waals surface area contributed by atoms with Crippen molar-refractivity contribution in [2.75, 3.05) is 13.2 Å². The molecule has 2 N–H and O–H groups in total. The van der Waals surface area contributed by atoms with Crippen LogP contribution in [0.4, 0.5) is 0 Å². The number of thiophene rings is 1. The van der Waals surface area contributed by atoms with E-state index < -0.39 is 12.1 Å². The second kappa shape index (κ2) is 12.9. The first-order valence-corrected chi connectivity index (χ1v) is 12.7. The molecule has 3 rings (SSSR count). The highest BCUT2D eigenvalue weighted by Gasteiger charge is 2.18. The van der Waals surface area contributed by atoms with Crippen LogP contribution in [0.1, 0.15) is 62.3 Å². The van der Waals surface area contributed by atoms with Crippen LogP contribution in [0.3, 0.4) is 0 Å². The zero-order valence-corrected chi connectivity index (χ0v) is 19.8. The van der Waals surface area contributed by atoms with Gasteiger partial charge < -0.3 is 15.2 Å². The zero-order chi connectivity index (χ0) is 22.8. The molecule has 1 saturated carbocycles. The van der Waals surface area contributed by atoms with Gasteiger partial charge >= 0.3 is 5.97 Å². The van der Waals surface area contributed by atoms with Gasteiger partial charge in [-0.05, 0) is 47.4 Å². The molecule has 32 heavy (non-hydrogen) atoms. The Labute approximate surface area is 195 Å². The van der Waals surface area contributed by atoms with Gasteiger partial charge in [0.2, 0.25) is 0 Å². The van der Waals surface area contributed by atoms with Crippen LogP contribution in [-0.2, 0) is 27.3 Å². The number of Topliss-reactive ketones (excluding diaryl/α,β-unsaturated/α-hetero) is 1. The number of benzene rings is 1. The maximum atomic E-state index is 12.2. The molecule has 0 spiro atoms. The van der Waals surface area contributed by atoms with E-state index in [1.807, 2.05) is 24.3 Å². The summed E-state index contributed by atoms with van der Waals surface area (Å²) >= 11 is 1.69. The molecule has 0 saturated heterocycles. The van der Waals surface area contributed by atoms with Crippen molar-refractivity contribution in [3.63, 3.8) is 0 Å². The first-order valence-electron chi connectivity index (χ1n) is 11.8. The zero-order valence-electron chi connectivity index (χ0n) is 19.0. The van der Waals surface area contributed by atoms with E-state index in [1.165, 1.54) is 37.0 Å². The maximum Gasteiger partial charge on any atom is 0.333 e. The number of nitrogens with one attached hydrogen (secondary N) is 1. The number of ketones is 1. The van der Waals surface area contributed by atoms with Crippen LogP contribution in [0.25, 0.3) is 11.1 Å². The van der Waals surface area contributed by atoms with Gasteiger partial charge in [0, 0.05) is 30.9 Å². The van der Waals surface area contributed by atoms with Crippen molar-refractivity contribution in [1.29, 1.82) is 0 Å². The normalized spacial score (nSPS) is 15.5. The summed E-state index contributed by atoms with van der Waals surface area (Å²) in [6, 6.07) is 10.1. The molecular formula is C26H35NO4S. The number of hydrogen-bond donors (Lipinski definition) is 2. The number of carbonyl (C=O) groups is 2. The highest BCUT2D eigenvalue weighted by Crippen LogP contribution is 2.28. The Morgan fingerprint density at radius 1 is 1.16 bits per heavy atom. The van der Waals surface area contributed by atoms with Crippen LogP contribution >= 0.6 is 11.3 Å².